The lowest BCUT2D eigenvalue weighted by atomic mass is 10.2. The zero-order valence-electron chi connectivity index (χ0n) is 15.3. The molecule has 0 aliphatic rings. The summed E-state index contributed by atoms with van der Waals surface area (Å²) in [4.78, 5) is 14.2. The Morgan fingerprint density at radius 1 is 1.16 bits per heavy atom. The Kier molecular flexibility index (Phi) is 8.52. The maximum atomic E-state index is 12.5. The van der Waals surface area contributed by atoms with Crippen LogP contribution in [0, 0.1) is 0 Å². The zero-order chi connectivity index (χ0) is 19.0. The van der Waals surface area contributed by atoms with Gasteiger partial charge in [-0.2, -0.15) is 0 Å². The molecule has 0 bridgehead atoms. The predicted octanol–water partition coefficient (Wildman–Crippen LogP) is 3.15. The van der Waals surface area contributed by atoms with E-state index in [9.17, 15) is 13.2 Å². The Balaban J connectivity index is 3.03. The highest BCUT2D eigenvalue weighted by atomic mass is 35.5. The van der Waals surface area contributed by atoms with Gasteiger partial charge in [-0.1, -0.05) is 25.4 Å². The molecule has 0 spiro atoms. The molecule has 0 atom stereocenters. The minimum absolute atomic E-state index is 0.0400. The summed E-state index contributed by atoms with van der Waals surface area (Å²) in [5.74, 6) is 0.333. The second-order valence-corrected chi connectivity index (χ2v) is 8.13. The molecule has 0 heterocycles. The molecule has 0 fully saturated rings. The number of hydrogen-bond acceptors (Lipinski definition) is 4. The number of anilines is 1. The van der Waals surface area contributed by atoms with Crippen LogP contribution in [0.4, 0.5) is 5.69 Å². The normalized spacial score (nSPS) is 11.2. The molecule has 0 radical (unpaired) electrons. The number of amides is 1. The number of nitrogens with zero attached hydrogens (tertiary/aromatic N) is 2. The quantitative estimate of drug-likeness (QED) is 0.615. The fraction of sp³-hybridized carbons (Fsp3) is 0.588. The lowest BCUT2D eigenvalue weighted by Gasteiger charge is -2.26. The van der Waals surface area contributed by atoms with Crippen molar-refractivity contribution in [2.45, 2.75) is 33.1 Å². The number of rotatable bonds is 10. The summed E-state index contributed by atoms with van der Waals surface area (Å²) in [5.41, 5.74) is 0.336. The number of benzene rings is 1. The van der Waals surface area contributed by atoms with Gasteiger partial charge >= 0.3 is 0 Å². The highest BCUT2D eigenvalue weighted by Crippen LogP contribution is 2.32. The van der Waals surface area contributed by atoms with E-state index in [1.165, 1.54) is 17.5 Å². The molecule has 8 heteroatoms. The fourth-order valence-corrected chi connectivity index (χ4v) is 3.67. The number of methoxy groups -OCH3 is 1. The Bertz CT molecular complexity index is 673. The van der Waals surface area contributed by atoms with Gasteiger partial charge in [0.25, 0.3) is 0 Å². The number of sulfonamides is 1. The van der Waals surface area contributed by atoms with Crippen molar-refractivity contribution in [3.8, 4) is 5.75 Å². The third-order valence-corrected chi connectivity index (χ3v) is 5.09. The van der Waals surface area contributed by atoms with Gasteiger partial charge in [-0.25, -0.2) is 8.42 Å². The van der Waals surface area contributed by atoms with E-state index in [2.05, 4.69) is 0 Å². The van der Waals surface area contributed by atoms with Crippen molar-refractivity contribution in [3.05, 3.63) is 23.2 Å². The third kappa shape index (κ3) is 6.40. The standard InChI is InChI=1S/C17H27ClN2O4S/c1-5-10-19(11-6-2)17(21)9-12-20(25(4,22)23)15-13-14(18)7-8-16(15)24-3/h7-8,13H,5-6,9-12H2,1-4H3. The predicted molar refractivity (Wildman–Crippen MR) is 102 cm³/mol. The average molecular weight is 391 g/mol. The van der Waals surface area contributed by atoms with Gasteiger partial charge in [0, 0.05) is 31.1 Å². The Labute approximate surface area is 155 Å². The van der Waals surface area contributed by atoms with Crippen molar-refractivity contribution >= 4 is 33.2 Å². The number of hydrogen-bond donors (Lipinski definition) is 0. The van der Waals surface area contributed by atoms with Gasteiger partial charge < -0.3 is 9.64 Å². The molecule has 0 N–H and O–H groups in total. The van der Waals surface area contributed by atoms with Crippen LogP contribution in [-0.4, -0.2) is 52.2 Å². The molecule has 0 aliphatic heterocycles. The van der Waals surface area contributed by atoms with Crippen LogP contribution in [0.5, 0.6) is 5.75 Å². The van der Waals surface area contributed by atoms with Crippen molar-refractivity contribution in [3.63, 3.8) is 0 Å². The van der Waals surface area contributed by atoms with Crippen LogP contribution in [0.25, 0.3) is 0 Å². The molecule has 6 nitrogen and oxygen atoms in total. The molecule has 0 saturated heterocycles. The summed E-state index contributed by atoms with van der Waals surface area (Å²) in [6, 6.07) is 4.76. The first kappa shape index (κ1) is 21.6. The smallest absolute Gasteiger partial charge is 0.232 e. The van der Waals surface area contributed by atoms with Crippen molar-refractivity contribution in [1.29, 1.82) is 0 Å². The second kappa shape index (κ2) is 9.87. The summed E-state index contributed by atoms with van der Waals surface area (Å²) in [5, 5.41) is 0.398. The SMILES string of the molecule is CCCN(CCC)C(=O)CCN(c1cc(Cl)ccc1OC)S(C)(=O)=O. The average Bonchev–Trinajstić information content (AvgIpc) is 2.53. The highest BCUT2D eigenvalue weighted by molar-refractivity contribution is 7.92. The van der Waals surface area contributed by atoms with Crippen LogP contribution in [0.1, 0.15) is 33.1 Å². The van der Waals surface area contributed by atoms with E-state index in [0.29, 0.717) is 29.5 Å². The van der Waals surface area contributed by atoms with Crippen LogP contribution in [-0.2, 0) is 14.8 Å². The third-order valence-electron chi connectivity index (χ3n) is 3.68. The van der Waals surface area contributed by atoms with Crippen LogP contribution in [0.3, 0.4) is 0 Å². The highest BCUT2D eigenvalue weighted by Gasteiger charge is 2.23. The van der Waals surface area contributed by atoms with E-state index >= 15 is 0 Å². The van der Waals surface area contributed by atoms with E-state index in [1.54, 1.807) is 17.0 Å². The van der Waals surface area contributed by atoms with Gasteiger partial charge in [-0.05, 0) is 31.0 Å². The fourth-order valence-electron chi connectivity index (χ4n) is 2.58. The van der Waals surface area contributed by atoms with E-state index < -0.39 is 10.0 Å². The molecular formula is C17H27ClN2O4S. The molecule has 25 heavy (non-hydrogen) atoms. The van der Waals surface area contributed by atoms with Crippen molar-refractivity contribution in [1.82, 2.24) is 4.90 Å². The van der Waals surface area contributed by atoms with Crippen LogP contribution in [0.15, 0.2) is 18.2 Å². The van der Waals surface area contributed by atoms with E-state index in [4.69, 9.17) is 16.3 Å². The number of halogens is 1. The molecule has 0 unspecified atom stereocenters. The monoisotopic (exact) mass is 390 g/mol. The molecule has 0 aliphatic carbocycles. The number of carbonyl (C=O) groups excluding carboxylic acids is 1. The first-order valence-electron chi connectivity index (χ1n) is 8.33. The van der Waals surface area contributed by atoms with E-state index in [-0.39, 0.29) is 18.9 Å². The summed E-state index contributed by atoms with van der Waals surface area (Å²) in [6.45, 7) is 5.40. The van der Waals surface area contributed by atoms with Gasteiger partial charge in [-0.15, -0.1) is 0 Å². The van der Waals surface area contributed by atoms with Gasteiger partial charge in [0.2, 0.25) is 15.9 Å². The second-order valence-electron chi connectivity index (χ2n) is 5.78. The topological polar surface area (TPSA) is 66.9 Å². The van der Waals surface area contributed by atoms with Gasteiger partial charge in [0.05, 0.1) is 19.1 Å². The summed E-state index contributed by atoms with van der Waals surface area (Å²) >= 11 is 6.01. The molecule has 1 rings (SSSR count). The molecule has 142 valence electrons. The number of carbonyl (C=O) groups is 1. The minimum Gasteiger partial charge on any atom is -0.495 e. The van der Waals surface area contributed by atoms with Crippen molar-refractivity contribution < 1.29 is 17.9 Å². The van der Waals surface area contributed by atoms with Crippen molar-refractivity contribution in [2.75, 3.05) is 37.3 Å². The van der Waals surface area contributed by atoms with Crippen molar-refractivity contribution in [2.24, 2.45) is 0 Å². The first-order chi connectivity index (χ1) is 11.7. The zero-order valence-corrected chi connectivity index (χ0v) is 16.9. The number of ether oxygens (including phenoxy) is 1. The molecule has 0 saturated carbocycles. The van der Waals surface area contributed by atoms with E-state index in [0.717, 1.165) is 19.1 Å². The van der Waals surface area contributed by atoms with Crippen LogP contribution >= 0.6 is 11.6 Å². The van der Waals surface area contributed by atoms with Gasteiger partial charge in [0.1, 0.15) is 5.75 Å². The lowest BCUT2D eigenvalue weighted by molar-refractivity contribution is -0.131. The molecule has 1 aromatic rings. The first-order valence-corrected chi connectivity index (χ1v) is 10.6. The molecular weight excluding hydrogens is 364 g/mol. The largest absolute Gasteiger partial charge is 0.495 e. The molecule has 1 amide bonds. The molecule has 1 aromatic carbocycles. The Morgan fingerprint density at radius 3 is 2.24 bits per heavy atom. The maximum Gasteiger partial charge on any atom is 0.232 e. The molecule has 0 aromatic heterocycles. The summed E-state index contributed by atoms with van der Waals surface area (Å²) < 4.78 is 30.9. The Morgan fingerprint density at radius 2 is 1.76 bits per heavy atom. The van der Waals surface area contributed by atoms with E-state index in [1.807, 2.05) is 13.8 Å². The van der Waals surface area contributed by atoms with Crippen LogP contribution in [0.2, 0.25) is 5.02 Å². The van der Waals surface area contributed by atoms with Gasteiger partial charge in [-0.3, -0.25) is 9.10 Å². The van der Waals surface area contributed by atoms with Gasteiger partial charge in [0.15, 0.2) is 0 Å². The summed E-state index contributed by atoms with van der Waals surface area (Å²) in [6.07, 6.45) is 2.93. The maximum absolute atomic E-state index is 12.5. The van der Waals surface area contributed by atoms with Crippen LogP contribution < -0.4 is 9.04 Å². The minimum atomic E-state index is -3.59. The lowest BCUT2D eigenvalue weighted by Crippen LogP contribution is -2.37. The Hall–Kier alpha value is -1.47. The summed E-state index contributed by atoms with van der Waals surface area (Å²) in [7, 11) is -2.13.